The fraction of sp³-hybridized carbons (Fsp3) is 0.533. The van der Waals surface area contributed by atoms with Crippen molar-refractivity contribution in [3.05, 3.63) is 23.3 Å². The van der Waals surface area contributed by atoms with Crippen molar-refractivity contribution in [2.45, 2.75) is 37.5 Å². The van der Waals surface area contributed by atoms with Crippen molar-refractivity contribution in [3.63, 3.8) is 0 Å². The van der Waals surface area contributed by atoms with Gasteiger partial charge in [-0.25, -0.2) is 8.78 Å². The topological polar surface area (TPSA) is 55.8 Å². The number of carboxylic acids is 1. The monoisotopic (exact) mass is 298 g/mol. The van der Waals surface area contributed by atoms with Gasteiger partial charge in [0.15, 0.2) is 11.5 Å². The zero-order valence-electron chi connectivity index (χ0n) is 11.4. The van der Waals surface area contributed by atoms with Crippen LogP contribution in [0.2, 0.25) is 0 Å². The number of carbonyl (C=O) groups is 1. The second-order valence-corrected chi connectivity index (χ2v) is 5.48. The van der Waals surface area contributed by atoms with Crippen LogP contribution in [0.3, 0.4) is 0 Å². The van der Waals surface area contributed by atoms with E-state index < -0.39 is 17.8 Å². The molecule has 1 aliphatic carbocycles. The molecule has 0 radical (unpaired) electrons. The summed E-state index contributed by atoms with van der Waals surface area (Å²) >= 11 is 0. The molecule has 1 aromatic rings. The van der Waals surface area contributed by atoms with Gasteiger partial charge in [0.25, 0.3) is 6.43 Å². The van der Waals surface area contributed by atoms with Crippen LogP contribution in [0.15, 0.2) is 12.1 Å². The van der Waals surface area contributed by atoms with Gasteiger partial charge in [0.1, 0.15) is 0 Å². The Hall–Kier alpha value is -1.85. The average Bonchev–Trinajstić information content (AvgIpc) is 2.60. The number of alkyl halides is 2. The lowest BCUT2D eigenvalue weighted by Crippen LogP contribution is -2.43. The first-order chi connectivity index (χ1) is 10.0. The molecule has 1 N–H and O–H groups in total. The van der Waals surface area contributed by atoms with E-state index in [1.807, 2.05) is 0 Å². The summed E-state index contributed by atoms with van der Waals surface area (Å²) in [5, 5.41) is 9.49. The van der Waals surface area contributed by atoms with Crippen molar-refractivity contribution in [2.75, 3.05) is 13.2 Å². The lowest BCUT2D eigenvalue weighted by atomic mass is 9.63. The van der Waals surface area contributed by atoms with Gasteiger partial charge in [0.2, 0.25) is 0 Å². The quantitative estimate of drug-likeness (QED) is 0.930. The molecule has 0 aromatic heterocycles. The molecule has 4 nitrogen and oxygen atoms in total. The van der Waals surface area contributed by atoms with Gasteiger partial charge in [-0.2, -0.15) is 0 Å². The SMILES string of the molecule is O=C(O)C1(c2cc3c(cc2C(F)F)OCCCO3)CCC1. The Bertz CT molecular complexity index is 567. The average molecular weight is 298 g/mol. The fourth-order valence-corrected chi connectivity index (χ4v) is 2.95. The summed E-state index contributed by atoms with van der Waals surface area (Å²) in [6, 6.07) is 2.68. The molecule has 1 saturated carbocycles. The van der Waals surface area contributed by atoms with E-state index in [4.69, 9.17) is 9.47 Å². The highest BCUT2D eigenvalue weighted by Crippen LogP contribution is 2.49. The van der Waals surface area contributed by atoms with E-state index in [0.29, 0.717) is 38.2 Å². The molecular formula is C15H16F2O4. The highest BCUT2D eigenvalue weighted by molar-refractivity contribution is 5.83. The van der Waals surface area contributed by atoms with Crippen molar-refractivity contribution in [1.29, 1.82) is 0 Å². The number of aliphatic carboxylic acids is 1. The molecule has 114 valence electrons. The minimum absolute atomic E-state index is 0.167. The number of rotatable bonds is 3. The number of hydrogen-bond donors (Lipinski definition) is 1. The number of halogens is 2. The van der Waals surface area contributed by atoms with Crippen LogP contribution >= 0.6 is 0 Å². The van der Waals surface area contributed by atoms with Gasteiger partial charge < -0.3 is 14.6 Å². The Balaban J connectivity index is 2.14. The normalized spacial score (nSPS) is 19.8. The van der Waals surface area contributed by atoms with Crippen LogP contribution in [-0.4, -0.2) is 24.3 Å². The standard InChI is InChI=1S/C15H16F2O4/c16-13(17)9-7-11-12(21-6-2-5-20-11)8-10(9)15(14(18)19)3-1-4-15/h7-8,13H,1-6H2,(H,18,19). The first kappa shape index (κ1) is 14.1. The van der Waals surface area contributed by atoms with Crippen molar-refractivity contribution < 1.29 is 28.2 Å². The Labute approximate surface area is 120 Å². The van der Waals surface area contributed by atoms with Crippen LogP contribution in [-0.2, 0) is 10.2 Å². The number of fused-ring (bicyclic) bond motifs is 1. The summed E-state index contributed by atoms with van der Waals surface area (Å²) < 4.78 is 37.6. The second kappa shape index (κ2) is 5.16. The van der Waals surface area contributed by atoms with Crippen molar-refractivity contribution in [3.8, 4) is 11.5 Å². The molecule has 1 aromatic carbocycles. The first-order valence-corrected chi connectivity index (χ1v) is 7.00. The van der Waals surface area contributed by atoms with Gasteiger partial charge in [0, 0.05) is 12.0 Å². The third kappa shape index (κ3) is 2.22. The van der Waals surface area contributed by atoms with Crippen LogP contribution in [0.1, 0.15) is 43.2 Å². The molecule has 0 bridgehead atoms. The van der Waals surface area contributed by atoms with E-state index >= 15 is 0 Å². The van der Waals surface area contributed by atoms with Crippen molar-refractivity contribution >= 4 is 5.97 Å². The van der Waals surface area contributed by atoms with Crippen LogP contribution in [0.25, 0.3) is 0 Å². The van der Waals surface area contributed by atoms with E-state index in [-0.39, 0.29) is 16.9 Å². The van der Waals surface area contributed by atoms with Gasteiger partial charge in [-0.05, 0) is 30.5 Å². The Morgan fingerprint density at radius 1 is 1.14 bits per heavy atom. The molecule has 0 amide bonds. The van der Waals surface area contributed by atoms with Gasteiger partial charge in [-0.3, -0.25) is 4.79 Å². The maximum absolute atomic E-state index is 13.4. The number of carboxylic acid groups (broad SMARTS) is 1. The number of ether oxygens (including phenoxy) is 2. The lowest BCUT2D eigenvalue weighted by Gasteiger charge is -2.39. The minimum Gasteiger partial charge on any atom is -0.490 e. The van der Waals surface area contributed by atoms with E-state index in [1.165, 1.54) is 12.1 Å². The molecule has 1 fully saturated rings. The third-order valence-corrected chi connectivity index (χ3v) is 4.29. The largest absolute Gasteiger partial charge is 0.490 e. The van der Waals surface area contributed by atoms with E-state index in [0.717, 1.165) is 6.42 Å². The molecule has 0 spiro atoms. The predicted octanol–water partition coefficient (Wildman–Crippen LogP) is 3.29. The summed E-state index contributed by atoms with van der Waals surface area (Å²) in [7, 11) is 0. The maximum atomic E-state index is 13.4. The zero-order chi connectivity index (χ0) is 15.0. The smallest absolute Gasteiger partial charge is 0.314 e. The molecule has 2 aliphatic rings. The Morgan fingerprint density at radius 2 is 1.76 bits per heavy atom. The molecular weight excluding hydrogens is 282 g/mol. The summed E-state index contributed by atoms with van der Waals surface area (Å²) in [6.07, 6.45) is -0.598. The molecule has 0 unspecified atom stereocenters. The Kier molecular flexibility index (Phi) is 3.47. The predicted molar refractivity (Wildman–Crippen MR) is 70.2 cm³/mol. The highest BCUT2D eigenvalue weighted by atomic mass is 19.3. The molecule has 3 rings (SSSR count). The molecule has 1 heterocycles. The number of benzene rings is 1. The van der Waals surface area contributed by atoms with Gasteiger partial charge in [-0.1, -0.05) is 6.42 Å². The van der Waals surface area contributed by atoms with Crippen LogP contribution in [0.4, 0.5) is 8.78 Å². The van der Waals surface area contributed by atoms with E-state index in [9.17, 15) is 18.7 Å². The van der Waals surface area contributed by atoms with E-state index in [2.05, 4.69) is 0 Å². The number of hydrogen-bond acceptors (Lipinski definition) is 3. The maximum Gasteiger partial charge on any atom is 0.314 e. The van der Waals surface area contributed by atoms with Crippen molar-refractivity contribution in [1.82, 2.24) is 0 Å². The summed E-state index contributed by atoms with van der Waals surface area (Å²) in [6.45, 7) is 0.833. The van der Waals surface area contributed by atoms with Gasteiger partial charge >= 0.3 is 5.97 Å². The summed E-state index contributed by atoms with van der Waals surface area (Å²) in [5.74, 6) is -0.420. The highest BCUT2D eigenvalue weighted by Gasteiger charge is 2.48. The lowest BCUT2D eigenvalue weighted by molar-refractivity contribution is -0.147. The molecule has 1 aliphatic heterocycles. The molecule has 6 heteroatoms. The van der Waals surface area contributed by atoms with Crippen LogP contribution in [0.5, 0.6) is 11.5 Å². The first-order valence-electron chi connectivity index (χ1n) is 7.00. The van der Waals surface area contributed by atoms with Crippen molar-refractivity contribution in [2.24, 2.45) is 0 Å². The van der Waals surface area contributed by atoms with Crippen LogP contribution < -0.4 is 9.47 Å². The fourth-order valence-electron chi connectivity index (χ4n) is 2.95. The van der Waals surface area contributed by atoms with Gasteiger partial charge in [0.05, 0.1) is 18.6 Å². The molecule has 0 atom stereocenters. The summed E-state index contributed by atoms with van der Waals surface area (Å²) in [5.41, 5.74) is -1.31. The summed E-state index contributed by atoms with van der Waals surface area (Å²) in [4.78, 5) is 11.6. The third-order valence-electron chi connectivity index (χ3n) is 4.29. The molecule has 21 heavy (non-hydrogen) atoms. The Morgan fingerprint density at radius 3 is 2.24 bits per heavy atom. The zero-order valence-corrected chi connectivity index (χ0v) is 11.4. The van der Waals surface area contributed by atoms with Gasteiger partial charge in [-0.15, -0.1) is 0 Å². The minimum atomic E-state index is -2.74. The van der Waals surface area contributed by atoms with Crippen LogP contribution in [0, 0.1) is 0 Å². The van der Waals surface area contributed by atoms with E-state index in [1.54, 1.807) is 0 Å². The second-order valence-electron chi connectivity index (χ2n) is 5.48. The molecule has 0 saturated heterocycles.